The Morgan fingerprint density at radius 1 is 1.00 bits per heavy atom. The molecule has 0 saturated heterocycles. The molecule has 116 valence electrons. The molecule has 0 heterocycles. The van der Waals surface area contributed by atoms with Crippen LogP contribution in [0.2, 0.25) is 0 Å². The van der Waals surface area contributed by atoms with E-state index in [1.54, 1.807) is 0 Å². The van der Waals surface area contributed by atoms with E-state index in [9.17, 15) is 4.79 Å². The normalized spacial score (nSPS) is 10.1. The number of rotatable bonds is 6. The van der Waals surface area contributed by atoms with Gasteiger partial charge in [-0.3, -0.25) is 4.79 Å². The van der Waals surface area contributed by atoms with Gasteiger partial charge in [0, 0.05) is 48.6 Å². The third-order valence-corrected chi connectivity index (χ3v) is 3.72. The lowest BCUT2D eigenvalue weighted by Gasteiger charge is -2.13. The molecule has 1 amide bonds. The summed E-state index contributed by atoms with van der Waals surface area (Å²) in [5.41, 5.74) is 2.93. The van der Waals surface area contributed by atoms with Crippen molar-refractivity contribution in [1.82, 2.24) is 0 Å². The lowest BCUT2D eigenvalue weighted by Crippen LogP contribution is -2.16. The number of hydrogen-bond acceptors (Lipinski definition) is 3. The van der Waals surface area contributed by atoms with Crippen LogP contribution in [0.1, 0.15) is 6.42 Å². The van der Waals surface area contributed by atoms with Crippen LogP contribution in [-0.2, 0) is 4.79 Å². The van der Waals surface area contributed by atoms with Gasteiger partial charge in [0.15, 0.2) is 0 Å². The Bertz CT molecular complexity index is 609. The van der Waals surface area contributed by atoms with Crippen molar-refractivity contribution in [1.29, 1.82) is 0 Å². The van der Waals surface area contributed by atoms with Crippen LogP contribution in [0.25, 0.3) is 0 Å². The van der Waals surface area contributed by atoms with Crippen molar-refractivity contribution in [3.05, 3.63) is 53.0 Å². The smallest absolute Gasteiger partial charge is 0.226 e. The molecule has 22 heavy (non-hydrogen) atoms. The minimum Gasteiger partial charge on any atom is -0.385 e. The molecular formula is C17H20BrN3O. The maximum absolute atomic E-state index is 11.9. The van der Waals surface area contributed by atoms with Crippen molar-refractivity contribution in [3.8, 4) is 0 Å². The molecule has 0 bridgehead atoms. The Hall–Kier alpha value is -2.01. The molecule has 0 aliphatic carbocycles. The number of carbonyl (C=O) groups excluding carboxylic acids is 1. The van der Waals surface area contributed by atoms with Gasteiger partial charge in [0.25, 0.3) is 0 Å². The Labute approximate surface area is 139 Å². The quantitative estimate of drug-likeness (QED) is 0.818. The van der Waals surface area contributed by atoms with Crippen molar-refractivity contribution in [3.63, 3.8) is 0 Å². The van der Waals surface area contributed by atoms with Crippen LogP contribution in [-0.4, -0.2) is 26.5 Å². The molecule has 2 rings (SSSR count). The van der Waals surface area contributed by atoms with Crippen molar-refractivity contribution < 1.29 is 4.79 Å². The molecule has 2 N–H and O–H groups in total. The maximum Gasteiger partial charge on any atom is 0.226 e. The summed E-state index contributed by atoms with van der Waals surface area (Å²) in [6.07, 6.45) is 0.422. The van der Waals surface area contributed by atoms with E-state index in [-0.39, 0.29) is 5.91 Å². The third kappa shape index (κ3) is 5.07. The Morgan fingerprint density at radius 2 is 1.59 bits per heavy atom. The molecular weight excluding hydrogens is 342 g/mol. The van der Waals surface area contributed by atoms with Crippen molar-refractivity contribution in [2.75, 3.05) is 36.2 Å². The van der Waals surface area contributed by atoms with Crippen LogP contribution in [0.15, 0.2) is 53.0 Å². The molecule has 0 aliphatic rings. The summed E-state index contributed by atoms with van der Waals surface area (Å²) in [6.45, 7) is 0.600. The number of carbonyl (C=O) groups is 1. The molecule has 4 nitrogen and oxygen atoms in total. The summed E-state index contributed by atoms with van der Waals surface area (Å²) in [5, 5.41) is 6.12. The van der Waals surface area contributed by atoms with E-state index in [2.05, 4.69) is 26.6 Å². The SMILES string of the molecule is CN(C)c1ccc(NC(=O)CCNc2ccc(Br)cc2)cc1. The summed E-state index contributed by atoms with van der Waals surface area (Å²) in [5.74, 6) is 0.00205. The number of halogens is 1. The first-order valence-corrected chi connectivity index (χ1v) is 7.90. The van der Waals surface area contributed by atoms with Crippen LogP contribution in [0.4, 0.5) is 17.1 Å². The molecule has 0 aliphatic heterocycles. The highest BCUT2D eigenvalue weighted by atomic mass is 79.9. The van der Waals surface area contributed by atoms with Crippen molar-refractivity contribution in [2.45, 2.75) is 6.42 Å². The highest BCUT2D eigenvalue weighted by Gasteiger charge is 2.03. The van der Waals surface area contributed by atoms with E-state index in [1.807, 2.05) is 67.5 Å². The lowest BCUT2D eigenvalue weighted by atomic mass is 10.2. The molecule has 0 saturated carbocycles. The van der Waals surface area contributed by atoms with Crippen LogP contribution < -0.4 is 15.5 Å². The Balaban J connectivity index is 1.76. The first-order chi connectivity index (χ1) is 10.5. The molecule has 0 radical (unpaired) electrons. The lowest BCUT2D eigenvalue weighted by molar-refractivity contribution is -0.115. The fraction of sp³-hybridized carbons (Fsp3) is 0.235. The van der Waals surface area contributed by atoms with E-state index in [4.69, 9.17) is 0 Å². The minimum atomic E-state index is 0.00205. The van der Waals surface area contributed by atoms with Crippen LogP contribution >= 0.6 is 15.9 Å². The monoisotopic (exact) mass is 361 g/mol. The summed E-state index contributed by atoms with van der Waals surface area (Å²) in [7, 11) is 3.97. The third-order valence-electron chi connectivity index (χ3n) is 3.19. The molecule has 0 spiro atoms. The van der Waals surface area contributed by atoms with E-state index in [0.717, 1.165) is 21.5 Å². The first-order valence-electron chi connectivity index (χ1n) is 7.11. The minimum absolute atomic E-state index is 0.00205. The highest BCUT2D eigenvalue weighted by molar-refractivity contribution is 9.10. The average Bonchev–Trinajstić information content (AvgIpc) is 2.50. The van der Waals surface area contributed by atoms with Gasteiger partial charge in [0.2, 0.25) is 5.91 Å². The molecule has 0 unspecified atom stereocenters. The number of benzene rings is 2. The van der Waals surface area contributed by atoms with E-state index in [1.165, 1.54) is 0 Å². The van der Waals surface area contributed by atoms with Gasteiger partial charge in [-0.05, 0) is 48.5 Å². The van der Waals surface area contributed by atoms with Crippen LogP contribution in [0.5, 0.6) is 0 Å². The largest absolute Gasteiger partial charge is 0.385 e. The van der Waals surface area contributed by atoms with Crippen molar-refractivity contribution >= 4 is 38.9 Å². The van der Waals surface area contributed by atoms with Gasteiger partial charge >= 0.3 is 0 Å². The number of amides is 1. The van der Waals surface area contributed by atoms with Gasteiger partial charge in [0.1, 0.15) is 0 Å². The van der Waals surface area contributed by atoms with Gasteiger partial charge in [0.05, 0.1) is 0 Å². The standard InChI is InChI=1S/C17H20BrN3O/c1-21(2)16-9-7-15(8-10-16)20-17(22)11-12-19-14-5-3-13(18)4-6-14/h3-10,19H,11-12H2,1-2H3,(H,20,22). The Kier molecular flexibility index (Phi) is 5.83. The average molecular weight is 362 g/mol. The van der Waals surface area contributed by atoms with Gasteiger partial charge in [-0.2, -0.15) is 0 Å². The number of nitrogens with one attached hydrogen (secondary N) is 2. The second-order valence-corrected chi connectivity index (χ2v) is 6.09. The second-order valence-electron chi connectivity index (χ2n) is 5.17. The Morgan fingerprint density at radius 3 is 2.18 bits per heavy atom. The maximum atomic E-state index is 11.9. The second kappa shape index (κ2) is 7.84. The van der Waals surface area contributed by atoms with Gasteiger partial charge in [-0.15, -0.1) is 0 Å². The number of nitrogens with zero attached hydrogens (tertiary/aromatic N) is 1. The molecule has 2 aromatic rings. The highest BCUT2D eigenvalue weighted by Crippen LogP contribution is 2.16. The van der Waals surface area contributed by atoms with Gasteiger partial charge in [-0.25, -0.2) is 0 Å². The molecule has 0 aromatic heterocycles. The topological polar surface area (TPSA) is 44.4 Å². The van der Waals surface area contributed by atoms with Gasteiger partial charge < -0.3 is 15.5 Å². The fourth-order valence-electron chi connectivity index (χ4n) is 1.95. The predicted octanol–water partition coefficient (Wildman–Crippen LogP) is 3.96. The zero-order chi connectivity index (χ0) is 15.9. The van der Waals surface area contributed by atoms with Crippen LogP contribution in [0, 0.1) is 0 Å². The van der Waals surface area contributed by atoms with E-state index >= 15 is 0 Å². The summed E-state index contributed by atoms with van der Waals surface area (Å²) < 4.78 is 1.04. The van der Waals surface area contributed by atoms with Crippen LogP contribution in [0.3, 0.4) is 0 Å². The zero-order valence-electron chi connectivity index (χ0n) is 12.8. The molecule has 0 atom stereocenters. The van der Waals surface area contributed by atoms with Gasteiger partial charge in [-0.1, -0.05) is 15.9 Å². The fourth-order valence-corrected chi connectivity index (χ4v) is 2.22. The summed E-state index contributed by atoms with van der Waals surface area (Å²) in [4.78, 5) is 13.9. The molecule has 2 aromatic carbocycles. The molecule has 5 heteroatoms. The zero-order valence-corrected chi connectivity index (χ0v) is 14.4. The van der Waals surface area contributed by atoms with Crippen molar-refractivity contribution in [2.24, 2.45) is 0 Å². The summed E-state index contributed by atoms with van der Waals surface area (Å²) in [6, 6.07) is 15.7. The predicted molar refractivity (Wildman–Crippen MR) is 96.6 cm³/mol. The number of hydrogen-bond donors (Lipinski definition) is 2. The first kappa shape index (κ1) is 16.4. The van der Waals surface area contributed by atoms with E-state index in [0.29, 0.717) is 13.0 Å². The number of anilines is 3. The van der Waals surface area contributed by atoms with E-state index < -0.39 is 0 Å². The summed E-state index contributed by atoms with van der Waals surface area (Å²) >= 11 is 3.39. The molecule has 0 fully saturated rings.